The quantitative estimate of drug-likeness (QED) is 0.624. The highest BCUT2D eigenvalue weighted by atomic mass is 19.1. The molecule has 2 rings (SSSR count). The maximum absolute atomic E-state index is 13.1. The Bertz CT molecular complexity index is 433. The molecule has 5 nitrogen and oxygen atoms in total. The Balaban J connectivity index is 1.94. The Kier molecular flexibility index (Phi) is 4.09. The van der Waals surface area contributed by atoms with Crippen LogP contribution in [-0.4, -0.2) is 24.1 Å². The minimum Gasteiger partial charge on any atom is -0.379 e. The van der Waals surface area contributed by atoms with Gasteiger partial charge in [-0.05, 0) is 31.9 Å². The van der Waals surface area contributed by atoms with Crippen LogP contribution in [0.4, 0.5) is 15.8 Å². The SMILES string of the molecule is O=[N+]([O-])c1ccc(F)cc1NCC[C@H]1CCCN1. The summed E-state index contributed by atoms with van der Waals surface area (Å²) in [6, 6.07) is 3.91. The molecule has 2 N–H and O–H groups in total. The van der Waals surface area contributed by atoms with Gasteiger partial charge in [-0.2, -0.15) is 0 Å². The second-order valence-electron chi connectivity index (χ2n) is 4.43. The summed E-state index contributed by atoms with van der Waals surface area (Å²) < 4.78 is 13.1. The van der Waals surface area contributed by atoms with Gasteiger partial charge in [-0.3, -0.25) is 10.1 Å². The Morgan fingerprint density at radius 3 is 3.06 bits per heavy atom. The fourth-order valence-corrected chi connectivity index (χ4v) is 2.19. The van der Waals surface area contributed by atoms with E-state index in [1.807, 2.05) is 0 Å². The highest BCUT2D eigenvalue weighted by Crippen LogP contribution is 2.25. The van der Waals surface area contributed by atoms with Crippen LogP contribution >= 0.6 is 0 Å². The minimum atomic E-state index is -0.504. The maximum Gasteiger partial charge on any atom is 0.292 e. The van der Waals surface area contributed by atoms with Crippen molar-refractivity contribution in [2.45, 2.75) is 25.3 Å². The molecule has 0 bridgehead atoms. The van der Waals surface area contributed by atoms with Crippen LogP contribution in [0.5, 0.6) is 0 Å². The van der Waals surface area contributed by atoms with Gasteiger partial charge in [-0.15, -0.1) is 0 Å². The molecule has 6 heteroatoms. The van der Waals surface area contributed by atoms with E-state index in [0.717, 1.165) is 25.5 Å². The van der Waals surface area contributed by atoms with Gasteiger partial charge in [-0.25, -0.2) is 4.39 Å². The average molecular weight is 253 g/mol. The zero-order valence-corrected chi connectivity index (χ0v) is 9.99. The van der Waals surface area contributed by atoms with Crippen molar-refractivity contribution in [3.05, 3.63) is 34.1 Å². The van der Waals surface area contributed by atoms with Crippen LogP contribution in [0.1, 0.15) is 19.3 Å². The first kappa shape index (κ1) is 12.8. The van der Waals surface area contributed by atoms with Gasteiger partial charge in [0, 0.05) is 24.7 Å². The van der Waals surface area contributed by atoms with Gasteiger partial charge in [0.15, 0.2) is 0 Å². The number of halogens is 1. The van der Waals surface area contributed by atoms with Crippen molar-refractivity contribution in [1.29, 1.82) is 0 Å². The number of anilines is 1. The number of nitrogens with zero attached hydrogens (tertiary/aromatic N) is 1. The molecule has 98 valence electrons. The van der Waals surface area contributed by atoms with Gasteiger partial charge in [0.05, 0.1) is 4.92 Å². The zero-order valence-electron chi connectivity index (χ0n) is 9.99. The van der Waals surface area contributed by atoms with Crippen molar-refractivity contribution < 1.29 is 9.31 Å². The van der Waals surface area contributed by atoms with Gasteiger partial charge in [0.25, 0.3) is 5.69 Å². The van der Waals surface area contributed by atoms with Crippen molar-refractivity contribution in [2.24, 2.45) is 0 Å². The van der Waals surface area contributed by atoms with Crippen molar-refractivity contribution in [1.82, 2.24) is 5.32 Å². The smallest absolute Gasteiger partial charge is 0.292 e. The molecule has 1 aromatic carbocycles. The highest BCUT2D eigenvalue weighted by Gasteiger charge is 2.16. The lowest BCUT2D eigenvalue weighted by Crippen LogP contribution is -2.24. The summed E-state index contributed by atoms with van der Waals surface area (Å²) in [6.07, 6.45) is 3.19. The van der Waals surface area contributed by atoms with E-state index in [0.29, 0.717) is 12.6 Å². The number of rotatable bonds is 5. The third-order valence-corrected chi connectivity index (χ3v) is 3.13. The molecule has 1 atom stereocenters. The fraction of sp³-hybridized carbons (Fsp3) is 0.500. The monoisotopic (exact) mass is 253 g/mol. The standard InChI is InChI=1S/C12H16FN3O2/c13-9-3-4-12(16(17)18)11(8-9)15-7-5-10-2-1-6-14-10/h3-4,8,10,14-15H,1-2,5-7H2/t10-/m1/s1. The van der Waals surface area contributed by atoms with Gasteiger partial charge >= 0.3 is 0 Å². The number of hydrogen-bond acceptors (Lipinski definition) is 4. The molecular weight excluding hydrogens is 237 g/mol. The summed E-state index contributed by atoms with van der Waals surface area (Å²) in [6.45, 7) is 1.63. The molecule has 1 saturated heterocycles. The summed E-state index contributed by atoms with van der Waals surface area (Å²) >= 11 is 0. The summed E-state index contributed by atoms with van der Waals surface area (Å²) in [5.41, 5.74) is 0.161. The van der Waals surface area contributed by atoms with Crippen molar-refractivity contribution in [3.63, 3.8) is 0 Å². The molecule has 1 aromatic rings. The van der Waals surface area contributed by atoms with E-state index in [1.54, 1.807) is 0 Å². The van der Waals surface area contributed by atoms with E-state index in [-0.39, 0.29) is 11.4 Å². The summed E-state index contributed by atoms with van der Waals surface area (Å²) in [4.78, 5) is 10.3. The normalized spacial score (nSPS) is 18.8. The molecule has 0 radical (unpaired) electrons. The van der Waals surface area contributed by atoms with E-state index in [2.05, 4.69) is 10.6 Å². The van der Waals surface area contributed by atoms with Gasteiger partial charge < -0.3 is 10.6 Å². The Morgan fingerprint density at radius 2 is 2.39 bits per heavy atom. The Hall–Kier alpha value is -1.69. The fourth-order valence-electron chi connectivity index (χ4n) is 2.19. The lowest BCUT2D eigenvalue weighted by atomic mass is 10.1. The predicted octanol–water partition coefficient (Wildman–Crippen LogP) is 2.29. The van der Waals surface area contributed by atoms with Crippen LogP contribution in [0, 0.1) is 15.9 Å². The second-order valence-corrected chi connectivity index (χ2v) is 4.43. The van der Waals surface area contributed by atoms with Gasteiger partial charge in [-0.1, -0.05) is 0 Å². The minimum absolute atomic E-state index is 0.0872. The first-order chi connectivity index (χ1) is 8.66. The molecule has 0 aliphatic carbocycles. The number of hydrogen-bond donors (Lipinski definition) is 2. The molecule has 1 aliphatic rings. The van der Waals surface area contributed by atoms with Crippen LogP contribution in [0.3, 0.4) is 0 Å². The molecule has 1 fully saturated rings. The summed E-state index contributed by atoms with van der Waals surface area (Å²) in [7, 11) is 0. The first-order valence-electron chi connectivity index (χ1n) is 6.08. The van der Waals surface area contributed by atoms with E-state index >= 15 is 0 Å². The largest absolute Gasteiger partial charge is 0.379 e. The van der Waals surface area contributed by atoms with Crippen LogP contribution in [-0.2, 0) is 0 Å². The molecule has 0 unspecified atom stereocenters. The van der Waals surface area contributed by atoms with Crippen molar-refractivity contribution in [3.8, 4) is 0 Å². The highest BCUT2D eigenvalue weighted by molar-refractivity contribution is 5.61. The van der Waals surface area contributed by atoms with Crippen LogP contribution in [0.2, 0.25) is 0 Å². The molecule has 18 heavy (non-hydrogen) atoms. The summed E-state index contributed by atoms with van der Waals surface area (Å²) in [5, 5.41) is 17.1. The third kappa shape index (κ3) is 3.16. The van der Waals surface area contributed by atoms with Crippen LogP contribution < -0.4 is 10.6 Å². The number of benzene rings is 1. The lowest BCUT2D eigenvalue weighted by Gasteiger charge is -2.11. The number of nitrogens with one attached hydrogen (secondary N) is 2. The molecular formula is C12H16FN3O2. The van der Waals surface area contributed by atoms with Crippen LogP contribution in [0.15, 0.2) is 18.2 Å². The molecule has 0 spiro atoms. The molecule has 0 saturated carbocycles. The first-order valence-corrected chi connectivity index (χ1v) is 6.08. The van der Waals surface area contributed by atoms with Crippen LogP contribution in [0.25, 0.3) is 0 Å². The average Bonchev–Trinajstić information content (AvgIpc) is 2.82. The molecule has 1 heterocycles. The topological polar surface area (TPSA) is 67.2 Å². The zero-order chi connectivity index (χ0) is 13.0. The van der Waals surface area contributed by atoms with E-state index in [1.165, 1.54) is 18.6 Å². The summed E-state index contributed by atoms with van der Waals surface area (Å²) in [5.74, 6) is -0.470. The second kappa shape index (κ2) is 5.77. The Morgan fingerprint density at radius 1 is 1.56 bits per heavy atom. The molecule has 1 aliphatic heterocycles. The number of nitro groups is 1. The van der Waals surface area contributed by atoms with E-state index < -0.39 is 10.7 Å². The molecule has 0 aromatic heterocycles. The van der Waals surface area contributed by atoms with Gasteiger partial charge in [0.1, 0.15) is 11.5 Å². The van der Waals surface area contributed by atoms with E-state index in [4.69, 9.17) is 0 Å². The Labute approximate surface area is 105 Å². The predicted molar refractivity (Wildman–Crippen MR) is 67.2 cm³/mol. The van der Waals surface area contributed by atoms with Gasteiger partial charge in [0.2, 0.25) is 0 Å². The van der Waals surface area contributed by atoms with Crippen molar-refractivity contribution in [2.75, 3.05) is 18.4 Å². The van der Waals surface area contributed by atoms with Crippen molar-refractivity contribution >= 4 is 11.4 Å². The molecule has 0 amide bonds. The third-order valence-electron chi connectivity index (χ3n) is 3.13. The maximum atomic E-state index is 13.1. The lowest BCUT2D eigenvalue weighted by molar-refractivity contribution is -0.384. The van der Waals surface area contributed by atoms with E-state index in [9.17, 15) is 14.5 Å². The number of nitro benzene ring substituents is 1.